The highest BCUT2D eigenvalue weighted by Gasteiger charge is 2.27. The van der Waals surface area contributed by atoms with Crippen LogP contribution in [0.3, 0.4) is 0 Å². The SMILES string of the molecule is CCOC(=O)C=Cc1nc(-c2cc(C(C)(C)C)c(O)c(C(C)(C)C)c2)cs1. The number of carbonyl (C=O) groups excluding carboxylic acids is 1. The Kier molecular flexibility index (Phi) is 6.15. The second-order valence-electron chi connectivity index (χ2n) is 8.58. The van der Waals surface area contributed by atoms with E-state index in [1.165, 1.54) is 17.4 Å². The molecule has 146 valence electrons. The molecule has 0 saturated heterocycles. The van der Waals surface area contributed by atoms with Crippen LogP contribution in [0.15, 0.2) is 23.6 Å². The summed E-state index contributed by atoms with van der Waals surface area (Å²) in [6, 6.07) is 4.02. The molecule has 1 N–H and O–H groups in total. The molecule has 0 saturated carbocycles. The molecule has 0 bridgehead atoms. The number of phenolic OH excluding ortho intramolecular Hbond substituents is 1. The van der Waals surface area contributed by atoms with Crippen molar-refractivity contribution < 1.29 is 14.6 Å². The lowest BCUT2D eigenvalue weighted by Crippen LogP contribution is -2.17. The quantitative estimate of drug-likeness (QED) is 0.541. The van der Waals surface area contributed by atoms with Crippen molar-refractivity contribution in [3.63, 3.8) is 0 Å². The molecule has 1 aromatic heterocycles. The Morgan fingerprint density at radius 2 is 1.70 bits per heavy atom. The van der Waals surface area contributed by atoms with Gasteiger partial charge in [0.05, 0.1) is 12.3 Å². The summed E-state index contributed by atoms with van der Waals surface area (Å²) in [4.78, 5) is 16.1. The van der Waals surface area contributed by atoms with Crippen LogP contribution in [0.5, 0.6) is 5.75 Å². The van der Waals surface area contributed by atoms with E-state index in [-0.39, 0.29) is 16.8 Å². The van der Waals surface area contributed by atoms with Gasteiger partial charge in [-0.15, -0.1) is 11.3 Å². The van der Waals surface area contributed by atoms with Crippen molar-refractivity contribution in [3.05, 3.63) is 39.7 Å². The summed E-state index contributed by atoms with van der Waals surface area (Å²) in [5, 5.41) is 13.6. The number of hydrogen-bond donors (Lipinski definition) is 1. The number of benzene rings is 1. The van der Waals surface area contributed by atoms with Gasteiger partial charge in [0.15, 0.2) is 0 Å². The average molecular weight is 388 g/mol. The molecular formula is C22H29NO3S. The first kappa shape index (κ1) is 21.2. The molecule has 2 rings (SSSR count). The number of aromatic nitrogens is 1. The molecule has 5 heteroatoms. The van der Waals surface area contributed by atoms with Crippen LogP contribution in [-0.2, 0) is 20.4 Å². The van der Waals surface area contributed by atoms with Crippen LogP contribution in [-0.4, -0.2) is 22.7 Å². The molecule has 2 aromatic rings. The van der Waals surface area contributed by atoms with Crippen molar-refractivity contribution >= 4 is 23.4 Å². The van der Waals surface area contributed by atoms with E-state index in [9.17, 15) is 9.90 Å². The van der Waals surface area contributed by atoms with Gasteiger partial charge in [0.1, 0.15) is 10.8 Å². The molecule has 0 spiro atoms. The normalized spacial score (nSPS) is 12.6. The van der Waals surface area contributed by atoms with Crippen LogP contribution in [0.2, 0.25) is 0 Å². The second kappa shape index (κ2) is 7.85. The van der Waals surface area contributed by atoms with Crippen molar-refractivity contribution in [1.29, 1.82) is 0 Å². The Bertz CT molecular complexity index is 816. The first-order valence-corrected chi connectivity index (χ1v) is 10.00. The van der Waals surface area contributed by atoms with Gasteiger partial charge < -0.3 is 9.84 Å². The number of hydrogen-bond acceptors (Lipinski definition) is 5. The number of phenols is 1. The van der Waals surface area contributed by atoms with Gasteiger partial charge in [-0.2, -0.15) is 0 Å². The van der Waals surface area contributed by atoms with E-state index in [0.29, 0.717) is 12.4 Å². The van der Waals surface area contributed by atoms with Crippen molar-refractivity contribution in [2.75, 3.05) is 6.61 Å². The third kappa shape index (κ3) is 5.19. The molecule has 0 aliphatic heterocycles. The van der Waals surface area contributed by atoms with Crippen molar-refractivity contribution in [3.8, 4) is 17.0 Å². The third-order valence-electron chi connectivity index (χ3n) is 4.19. The van der Waals surface area contributed by atoms with Gasteiger partial charge in [-0.05, 0) is 36.0 Å². The molecule has 0 aliphatic rings. The Balaban J connectivity index is 2.49. The van der Waals surface area contributed by atoms with Gasteiger partial charge in [0, 0.05) is 28.1 Å². The van der Waals surface area contributed by atoms with E-state index >= 15 is 0 Å². The fraction of sp³-hybridized carbons (Fsp3) is 0.455. The number of ether oxygens (including phenoxy) is 1. The number of rotatable bonds is 4. The molecule has 27 heavy (non-hydrogen) atoms. The summed E-state index contributed by atoms with van der Waals surface area (Å²) >= 11 is 1.47. The van der Waals surface area contributed by atoms with E-state index in [4.69, 9.17) is 4.74 Å². The number of carbonyl (C=O) groups is 1. The Morgan fingerprint density at radius 1 is 1.15 bits per heavy atom. The van der Waals surface area contributed by atoms with Crippen LogP contribution in [0.4, 0.5) is 0 Å². The molecule has 0 radical (unpaired) electrons. The molecule has 1 aromatic carbocycles. The Morgan fingerprint density at radius 3 is 2.19 bits per heavy atom. The average Bonchev–Trinajstić information content (AvgIpc) is 3.00. The van der Waals surface area contributed by atoms with Crippen molar-refractivity contribution in [2.45, 2.75) is 59.3 Å². The minimum absolute atomic E-state index is 0.192. The number of thiazole rings is 1. The smallest absolute Gasteiger partial charge is 0.330 e. The van der Waals surface area contributed by atoms with Gasteiger partial charge in [-0.1, -0.05) is 41.5 Å². The molecule has 4 nitrogen and oxygen atoms in total. The fourth-order valence-electron chi connectivity index (χ4n) is 2.75. The van der Waals surface area contributed by atoms with Gasteiger partial charge >= 0.3 is 5.97 Å². The molecule has 1 heterocycles. The van der Waals surface area contributed by atoms with Crippen LogP contribution >= 0.6 is 11.3 Å². The summed E-state index contributed by atoms with van der Waals surface area (Å²) in [6.07, 6.45) is 3.06. The number of aromatic hydroxyl groups is 1. The van der Waals surface area contributed by atoms with Crippen LogP contribution < -0.4 is 0 Å². The molecular weight excluding hydrogens is 358 g/mol. The summed E-state index contributed by atoms with van der Waals surface area (Å²) in [6.45, 7) is 14.7. The zero-order valence-corrected chi connectivity index (χ0v) is 18.0. The summed E-state index contributed by atoms with van der Waals surface area (Å²) in [5.41, 5.74) is 3.23. The molecule has 0 atom stereocenters. The van der Waals surface area contributed by atoms with Crippen LogP contribution in [0.25, 0.3) is 17.3 Å². The van der Waals surface area contributed by atoms with Gasteiger partial charge in [0.2, 0.25) is 0 Å². The summed E-state index contributed by atoms with van der Waals surface area (Å²) in [7, 11) is 0. The van der Waals surface area contributed by atoms with E-state index in [1.54, 1.807) is 13.0 Å². The minimum atomic E-state index is -0.371. The Labute approximate surface area is 165 Å². The van der Waals surface area contributed by atoms with E-state index < -0.39 is 0 Å². The zero-order chi connectivity index (χ0) is 20.4. The largest absolute Gasteiger partial charge is 0.507 e. The maximum absolute atomic E-state index is 11.5. The van der Waals surface area contributed by atoms with E-state index in [2.05, 4.69) is 46.5 Å². The van der Waals surface area contributed by atoms with E-state index in [1.807, 2.05) is 17.5 Å². The second-order valence-corrected chi connectivity index (χ2v) is 9.47. The highest BCUT2D eigenvalue weighted by atomic mass is 32.1. The van der Waals surface area contributed by atoms with Crippen LogP contribution in [0, 0.1) is 0 Å². The van der Waals surface area contributed by atoms with Gasteiger partial charge in [-0.3, -0.25) is 0 Å². The predicted molar refractivity (Wildman–Crippen MR) is 112 cm³/mol. The van der Waals surface area contributed by atoms with E-state index in [0.717, 1.165) is 27.4 Å². The van der Waals surface area contributed by atoms with Gasteiger partial charge in [0.25, 0.3) is 0 Å². The van der Waals surface area contributed by atoms with Crippen LogP contribution in [0.1, 0.15) is 64.6 Å². The summed E-state index contributed by atoms with van der Waals surface area (Å²) < 4.78 is 4.90. The highest BCUT2D eigenvalue weighted by molar-refractivity contribution is 7.10. The van der Waals surface area contributed by atoms with Gasteiger partial charge in [-0.25, -0.2) is 9.78 Å². The summed E-state index contributed by atoms with van der Waals surface area (Å²) in [5.74, 6) is -0.0136. The monoisotopic (exact) mass is 387 g/mol. The molecule has 0 aliphatic carbocycles. The topological polar surface area (TPSA) is 59.4 Å². The zero-order valence-electron chi connectivity index (χ0n) is 17.2. The first-order chi connectivity index (χ1) is 12.4. The third-order valence-corrected chi connectivity index (χ3v) is 5.00. The maximum atomic E-state index is 11.5. The number of nitrogens with zero attached hydrogens (tertiary/aromatic N) is 1. The lowest BCUT2D eigenvalue weighted by atomic mass is 9.78. The highest BCUT2D eigenvalue weighted by Crippen LogP contribution is 2.42. The molecule has 0 amide bonds. The fourth-order valence-corrected chi connectivity index (χ4v) is 3.47. The maximum Gasteiger partial charge on any atom is 0.330 e. The predicted octanol–water partition coefficient (Wildman–Crippen LogP) is 5.69. The Hall–Kier alpha value is -2.14. The minimum Gasteiger partial charge on any atom is -0.507 e. The molecule has 0 unspecified atom stereocenters. The lowest BCUT2D eigenvalue weighted by Gasteiger charge is -2.28. The number of esters is 1. The van der Waals surface area contributed by atoms with Crippen molar-refractivity contribution in [1.82, 2.24) is 4.98 Å². The lowest BCUT2D eigenvalue weighted by molar-refractivity contribution is -0.137. The standard InChI is InChI=1S/C22H29NO3S/c1-8-26-19(24)10-9-18-23-17(13-27-18)14-11-15(21(2,3)4)20(25)16(12-14)22(5,6)7/h9-13,25H,8H2,1-7H3. The first-order valence-electron chi connectivity index (χ1n) is 9.12. The molecule has 0 fully saturated rings. The van der Waals surface area contributed by atoms with Crippen molar-refractivity contribution in [2.24, 2.45) is 0 Å².